The van der Waals surface area contributed by atoms with E-state index in [0.717, 1.165) is 19.3 Å². The van der Waals surface area contributed by atoms with Crippen LogP contribution < -0.4 is 0 Å². The van der Waals surface area contributed by atoms with Gasteiger partial charge in [0, 0.05) is 4.91 Å². The minimum absolute atomic E-state index is 0.0666. The number of unbranched alkanes of at least 4 members (excludes halogenated alkanes) is 3. The fourth-order valence-corrected chi connectivity index (χ4v) is 3.97. The highest BCUT2D eigenvalue weighted by atomic mass is 16.5. The van der Waals surface area contributed by atoms with E-state index < -0.39 is 29.8 Å². The first-order valence-electron chi connectivity index (χ1n) is 8.25. The predicted octanol–water partition coefficient (Wildman–Crippen LogP) is 1.90. The minimum Gasteiger partial charge on any atom is -0.396 e. The van der Waals surface area contributed by atoms with Crippen LogP contribution >= 0.6 is 0 Å². The highest BCUT2D eigenvalue weighted by Gasteiger charge is 2.60. The Kier molecular flexibility index (Phi) is 6.06. The third-order valence-electron chi connectivity index (χ3n) is 5.17. The summed E-state index contributed by atoms with van der Waals surface area (Å²) < 4.78 is 5.94. The third-order valence-corrected chi connectivity index (χ3v) is 5.17. The van der Waals surface area contributed by atoms with Crippen molar-refractivity contribution in [2.75, 3.05) is 6.61 Å². The molecule has 1 aliphatic carbocycles. The summed E-state index contributed by atoms with van der Waals surface area (Å²) >= 11 is 0. The molecule has 0 unspecified atom stereocenters. The smallest absolute Gasteiger partial charge is 0.0941 e. The van der Waals surface area contributed by atoms with Crippen molar-refractivity contribution in [3.63, 3.8) is 0 Å². The van der Waals surface area contributed by atoms with Crippen LogP contribution in [0.15, 0.2) is 5.11 Å². The molecule has 22 heavy (non-hydrogen) atoms. The summed E-state index contributed by atoms with van der Waals surface area (Å²) in [6, 6.07) is -0.717. The Balaban J connectivity index is 2.07. The van der Waals surface area contributed by atoms with Crippen LogP contribution in [0.5, 0.6) is 0 Å². The van der Waals surface area contributed by atoms with Crippen molar-refractivity contribution >= 4 is 0 Å². The maximum absolute atomic E-state index is 10.5. The van der Waals surface area contributed by atoms with Gasteiger partial charge in [0.1, 0.15) is 0 Å². The van der Waals surface area contributed by atoms with E-state index in [9.17, 15) is 15.3 Å². The van der Waals surface area contributed by atoms with Crippen LogP contribution in [0.4, 0.5) is 0 Å². The number of aliphatic hydroxyl groups is 3. The van der Waals surface area contributed by atoms with E-state index in [1.807, 2.05) is 0 Å². The van der Waals surface area contributed by atoms with E-state index in [4.69, 9.17) is 10.3 Å². The van der Waals surface area contributed by atoms with Gasteiger partial charge in [-0.2, -0.15) is 0 Å². The Labute approximate surface area is 130 Å². The number of fused-ring (bicyclic) bond motifs is 1. The monoisotopic (exact) mass is 313 g/mol. The molecule has 0 bridgehead atoms. The Morgan fingerprint density at radius 1 is 1.32 bits per heavy atom. The average molecular weight is 313 g/mol. The Bertz CT molecular complexity index is 416. The van der Waals surface area contributed by atoms with Gasteiger partial charge in [-0.1, -0.05) is 37.7 Å². The molecule has 1 aliphatic heterocycles. The van der Waals surface area contributed by atoms with Gasteiger partial charge in [0.15, 0.2) is 0 Å². The molecule has 2 aliphatic rings. The van der Waals surface area contributed by atoms with Crippen molar-refractivity contribution < 1.29 is 20.1 Å². The fourth-order valence-electron chi connectivity index (χ4n) is 3.97. The van der Waals surface area contributed by atoms with Crippen LogP contribution in [0.3, 0.4) is 0 Å². The molecule has 0 spiro atoms. The lowest BCUT2D eigenvalue weighted by atomic mass is 9.66. The van der Waals surface area contributed by atoms with E-state index in [-0.39, 0.29) is 19.1 Å². The molecule has 1 saturated carbocycles. The molecule has 7 nitrogen and oxygen atoms in total. The largest absolute Gasteiger partial charge is 0.396 e. The maximum Gasteiger partial charge on any atom is 0.0941 e. The van der Waals surface area contributed by atoms with Crippen LogP contribution in [0.2, 0.25) is 0 Å². The van der Waals surface area contributed by atoms with Gasteiger partial charge < -0.3 is 20.1 Å². The summed E-state index contributed by atoms with van der Waals surface area (Å²) in [6.45, 7) is 1.88. The second kappa shape index (κ2) is 7.62. The average Bonchev–Trinajstić information content (AvgIpc) is 2.90. The SMILES string of the molecule is CCCCCC[C@H]1C[C@]2(CO)[C@@H](O)[C@H](N=[N+]=[N-])C[C@@H](O)[C@@H]2O1. The number of nitrogens with zero attached hydrogens (tertiary/aromatic N) is 3. The normalized spacial score (nSPS) is 41.0. The highest BCUT2D eigenvalue weighted by molar-refractivity contribution is 5.10. The van der Waals surface area contributed by atoms with Crippen LogP contribution in [0.1, 0.15) is 51.9 Å². The lowest BCUT2D eigenvalue weighted by Crippen LogP contribution is -2.59. The van der Waals surface area contributed by atoms with Gasteiger partial charge in [0.25, 0.3) is 0 Å². The summed E-state index contributed by atoms with van der Waals surface area (Å²) in [5, 5.41) is 34.3. The molecule has 126 valence electrons. The molecule has 2 fully saturated rings. The number of aliphatic hydroxyl groups excluding tert-OH is 3. The zero-order chi connectivity index (χ0) is 16.2. The minimum atomic E-state index is -0.984. The molecule has 3 N–H and O–H groups in total. The second-order valence-corrected chi connectivity index (χ2v) is 6.64. The summed E-state index contributed by atoms with van der Waals surface area (Å²) in [4.78, 5) is 2.74. The molecular formula is C15H27N3O4. The summed E-state index contributed by atoms with van der Waals surface area (Å²) in [5.74, 6) is 0. The first-order chi connectivity index (χ1) is 10.6. The predicted molar refractivity (Wildman–Crippen MR) is 81.1 cm³/mol. The summed E-state index contributed by atoms with van der Waals surface area (Å²) in [7, 11) is 0. The van der Waals surface area contributed by atoms with Gasteiger partial charge >= 0.3 is 0 Å². The van der Waals surface area contributed by atoms with E-state index in [0.29, 0.717) is 6.42 Å². The highest BCUT2D eigenvalue weighted by Crippen LogP contribution is 2.49. The lowest BCUT2D eigenvalue weighted by Gasteiger charge is -2.45. The van der Waals surface area contributed by atoms with E-state index >= 15 is 0 Å². The summed E-state index contributed by atoms with van der Waals surface area (Å²) in [5.41, 5.74) is 7.69. The molecule has 0 aromatic heterocycles. The van der Waals surface area contributed by atoms with Gasteiger partial charge in [0.05, 0.1) is 42.5 Å². The van der Waals surface area contributed by atoms with Crippen molar-refractivity contribution in [1.82, 2.24) is 0 Å². The van der Waals surface area contributed by atoms with Crippen molar-refractivity contribution in [2.24, 2.45) is 10.5 Å². The molecule has 7 heteroatoms. The maximum atomic E-state index is 10.5. The Morgan fingerprint density at radius 2 is 2.09 bits per heavy atom. The Morgan fingerprint density at radius 3 is 2.73 bits per heavy atom. The van der Waals surface area contributed by atoms with Crippen molar-refractivity contribution in [3.8, 4) is 0 Å². The fraction of sp³-hybridized carbons (Fsp3) is 1.00. The van der Waals surface area contributed by atoms with E-state index in [1.165, 1.54) is 12.8 Å². The van der Waals surface area contributed by atoms with Gasteiger partial charge in [-0.3, -0.25) is 0 Å². The third kappa shape index (κ3) is 3.24. The van der Waals surface area contributed by atoms with Crippen molar-refractivity contribution in [1.29, 1.82) is 0 Å². The molecule has 0 radical (unpaired) electrons. The first-order valence-corrected chi connectivity index (χ1v) is 8.25. The van der Waals surface area contributed by atoms with Crippen molar-refractivity contribution in [2.45, 2.75) is 82.3 Å². The summed E-state index contributed by atoms with van der Waals surface area (Å²) in [6.07, 6.45) is 3.59. The van der Waals surface area contributed by atoms with Crippen molar-refractivity contribution in [3.05, 3.63) is 10.4 Å². The van der Waals surface area contributed by atoms with Gasteiger partial charge in [-0.05, 0) is 24.8 Å². The standard InChI is InChI=1S/C15H27N3O4/c1-2-3-4-5-6-10-8-15(9-19)13(21)11(17-18-16)7-12(20)14(15)22-10/h10-14,19-21H,2-9H2,1H3/t10-,11+,12+,13-,14-,15-/m0/s1. The molecule has 2 rings (SSSR count). The zero-order valence-corrected chi connectivity index (χ0v) is 13.1. The first kappa shape index (κ1) is 17.5. The zero-order valence-electron chi connectivity index (χ0n) is 13.1. The Hall–Kier alpha value is -0.850. The van der Waals surface area contributed by atoms with E-state index in [2.05, 4.69) is 16.9 Å². The van der Waals surface area contributed by atoms with Crippen LogP contribution in [0.25, 0.3) is 10.4 Å². The van der Waals surface area contributed by atoms with Crippen LogP contribution in [0, 0.1) is 5.41 Å². The molecule has 1 saturated heterocycles. The molecular weight excluding hydrogens is 286 g/mol. The van der Waals surface area contributed by atoms with Crippen LogP contribution in [-0.4, -0.2) is 52.4 Å². The number of hydrogen-bond acceptors (Lipinski definition) is 5. The quantitative estimate of drug-likeness (QED) is 0.288. The number of ether oxygens (including phenoxy) is 1. The number of rotatable bonds is 7. The van der Waals surface area contributed by atoms with Gasteiger partial charge in [-0.15, -0.1) is 0 Å². The second-order valence-electron chi connectivity index (χ2n) is 6.64. The molecule has 1 heterocycles. The number of hydrogen-bond donors (Lipinski definition) is 3. The van der Waals surface area contributed by atoms with E-state index in [1.54, 1.807) is 0 Å². The topological polar surface area (TPSA) is 119 Å². The van der Waals surface area contributed by atoms with Crippen LogP contribution in [-0.2, 0) is 4.74 Å². The molecule has 0 amide bonds. The molecule has 6 atom stereocenters. The van der Waals surface area contributed by atoms with Gasteiger partial charge in [-0.25, -0.2) is 0 Å². The number of azide groups is 1. The molecule has 0 aromatic rings. The molecule has 0 aromatic carbocycles. The van der Waals surface area contributed by atoms with Gasteiger partial charge in [0.2, 0.25) is 0 Å². The lowest BCUT2D eigenvalue weighted by molar-refractivity contribution is -0.157.